The van der Waals surface area contributed by atoms with E-state index in [0.717, 1.165) is 18.7 Å². The fourth-order valence-electron chi connectivity index (χ4n) is 2.94. The maximum absolute atomic E-state index is 13.2. The highest BCUT2D eigenvalue weighted by molar-refractivity contribution is 5.96. The summed E-state index contributed by atoms with van der Waals surface area (Å²) in [6.07, 6.45) is 0. The lowest BCUT2D eigenvalue weighted by atomic mass is 10.1. The molecular formula is C19H19FN2O3. The Hall–Kier alpha value is -2.73. The molecule has 1 fully saturated rings. The van der Waals surface area contributed by atoms with E-state index in [1.54, 1.807) is 23.1 Å². The minimum Gasteiger partial charge on any atom is -0.478 e. The van der Waals surface area contributed by atoms with Crippen LogP contribution in [0.4, 0.5) is 4.39 Å². The Morgan fingerprint density at radius 3 is 2.20 bits per heavy atom. The normalized spacial score (nSPS) is 15.2. The molecule has 0 bridgehead atoms. The standard InChI is InChI=1S/C19H19FN2O3/c20-17-3-1-2-14(12-17)13-21-8-10-22(11-9-21)18(23)15-4-6-16(7-5-15)19(24)25/h1-7,12H,8-11,13H2,(H,24,25). The smallest absolute Gasteiger partial charge is 0.335 e. The lowest BCUT2D eigenvalue weighted by molar-refractivity contribution is 0.0626. The summed E-state index contributed by atoms with van der Waals surface area (Å²) >= 11 is 0. The Labute approximate surface area is 145 Å². The highest BCUT2D eigenvalue weighted by Gasteiger charge is 2.22. The first-order valence-electron chi connectivity index (χ1n) is 8.12. The van der Waals surface area contributed by atoms with Gasteiger partial charge < -0.3 is 10.0 Å². The van der Waals surface area contributed by atoms with Gasteiger partial charge in [0, 0.05) is 38.3 Å². The molecule has 2 aromatic rings. The number of carbonyl (C=O) groups is 2. The number of hydrogen-bond donors (Lipinski definition) is 1. The first kappa shape index (κ1) is 17.1. The summed E-state index contributed by atoms with van der Waals surface area (Å²) in [7, 11) is 0. The van der Waals surface area contributed by atoms with Crippen molar-refractivity contribution in [1.29, 1.82) is 0 Å². The summed E-state index contributed by atoms with van der Waals surface area (Å²) in [6, 6.07) is 12.5. The van der Waals surface area contributed by atoms with Crippen LogP contribution in [0.5, 0.6) is 0 Å². The van der Waals surface area contributed by atoms with Crippen LogP contribution in [0, 0.1) is 5.82 Å². The van der Waals surface area contributed by atoms with E-state index in [4.69, 9.17) is 5.11 Å². The average Bonchev–Trinajstić information content (AvgIpc) is 2.62. The van der Waals surface area contributed by atoms with Gasteiger partial charge in [-0.05, 0) is 42.0 Å². The van der Waals surface area contributed by atoms with Crippen molar-refractivity contribution < 1.29 is 19.1 Å². The van der Waals surface area contributed by atoms with Crippen molar-refractivity contribution >= 4 is 11.9 Å². The molecule has 1 heterocycles. The number of halogens is 1. The lowest BCUT2D eigenvalue weighted by Gasteiger charge is -2.34. The fourth-order valence-corrected chi connectivity index (χ4v) is 2.94. The number of carbonyl (C=O) groups excluding carboxylic acids is 1. The lowest BCUT2D eigenvalue weighted by Crippen LogP contribution is -2.48. The maximum Gasteiger partial charge on any atom is 0.335 e. The zero-order chi connectivity index (χ0) is 17.8. The van der Waals surface area contributed by atoms with E-state index in [1.807, 2.05) is 6.07 Å². The number of carboxylic acids is 1. The van der Waals surface area contributed by atoms with E-state index < -0.39 is 5.97 Å². The molecule has 2 aromatic carbocycles. The SMILES string of the molecule is O=C(O)c1ccc(C(=O)N2CCN(Cc3cccc(F)c3)CC2)cc1. The van der Waals surface area contributed by atoms with Crippen molar-refractivity contribution in [2.45, 2.75) is 6.54 Å². The van der Waals surface area contributed by atoms with Crippen LogP contribution in [-0.4, -0.2) is 53.0 Å². The summed E-state index contributed by atoms with van der Waals surface area (Å²) in [4.78, 5) is 27.3. The van der Waals surface area contributed by atoms with Gasteiger partial charge in [0.15, 0.2) is 0 Å². The first-order chi connectivity index (χ1) is 12.0. The average molecular weight is 342 g/mol. The van der Waals surface area contributed by atoms with Gasteiger partial charge in [0.1, 0.15) is 5.82 Å². The molecule has 0 atom stereocenters. The quantitative estimate of drug-likeness (QED) is 0.927. The van der Waals surface area contributed by atoms with Crippen molar-refractivity contribution in [3.8, 4) is 0 Å². The molecule has 0 unspecified atom stereocenters. The molecule has 5 nitrogen and oxygen atoms in total. The number of amides is 1. The Morgan fingerprint density at radius 2 is 1.60 bits per heavy atom. The summed E-state index contributed by atoms with van der Waals surface area (Å²) in [5.74, 6) is -1.34. The number of piperazine rings is 1. The van der Waals surface area contributed by atoms with Crippen molar-refractivity contribution in [1.82, 2.24) is 9.80 Å². The van der Waals surface area contributed by atoms with Crippen LogP contribution in [0.1, 0.15) is 26.3 Å². The third kappa shape index (κ3) is 4.22. The zero-order valence-corrected chi connectivity index (χ0v) is 13.7. The Morgan fingerprint density at radius 1 is 0.960 bits per heavy atom. The van der Waals surface area contributed by atoms with Crippen LogP contribution < -0.4 is 0 Å². The summed E-state index contributed by atoms with van der Waals surface area (Å²) in [5.41, 5.74) is 1.57. The van der Waals surface area contributed by atoms with E-state index in [0.29, 0.717) is 25.2 Å². The van der Waals surface area contributed by atoms with Gasteiger partial charge in [0.05, 0.1) is 5.56 Å². The zero-order valence-electron chi connectivity index (χ0n) is 13.7. The maximum atomic E-state index is 13.2. The summed E-state index contributed by atoms with van der Waals surface area (Å²) in [5, 5.41) is 8.91. The number of aromatic carboxylic acids is 1. The van der Waals surface area contributed by atoms with E-state index >= 15 is 0 Å². The monoisotopic (exact) mass is 342 g/mol. The topological polar surface area (TPSA) is 60.9 Å². The molecule has 0 saturated carbocycles. The second kappa shape index (κ2) is 7.44. The molecule has 1 amide bonds. The van der Waals surface area contributed by atoms with Crippen molar-refractivity contribution in [2.24, 2.45) is 0 Å². The first-order valence-corrected chi connectivity index (χ1v) is 8.12. The van der Waals surface area contributed by atoms with Gasteiger partial charge in [-0.2, -0.15) is 0 Å². The van der Waals surface area contributed by atoms with Crippen LogP contribution >= 0.6 is 0 Å². The second-order valence-electron chi connectivity index (χ2n) is 6.08. The molecule has 25 heavy (non-hydrogen) atoms. The minimum atomic E-state index is -1.01. The highest BCUT2D eigenvalue weighted by atomic mass is 19.1. The van der Waals surface area contributed by atoms with E-state index in [1.165, 1.54) is 24.3 Å². The molecular weight excluding hydrogens is 323 g/mol. The van der Waals surface area contributed by atoms with Crippen molar-refractivity contribution in [2.75, 3.05) is 26.2 Å². The largest absolute Gasteiger partial charge is 0.478 e. The molecule has 1 saturated heterocycles. The third-order valence-corrected chi connectivity index (χ3v) is 4.33. The molecule has 1 aliphatic heterocycles. The van der Waals surface area contributed by atoms with Gasteiger partial charge in [-0.15, -0.1) is 0 Å². The van der Waals surface area contributed by atoms with Crippen LogP contribution in [0.15, 0.2) is 48.5 Å². The Bertz CT molecular complexity index is 768. The van der Waals surface area contributed by atoms with Crippen LogP contribution in [-0.2, 0) is 6.54 Å². The van der Waals surface area contributed by atoms with Gasteiger partial charge >= 0.3 is 5.97 Å². The Kier molecular flexibility index (Phi) is 5.09. The Balaban J connectivity index is 1.56. The summed E-state index contributed by atoms with van der Waals surface area (Å²) < 4.78 is 13.2. The predicted octanol–water partition coefficient (Wildman–Crippen LogP) is 2.48. The number of benzene rings is 2. The van der Waals surface area contributed by atoms with Gasteiger partial charge in [0.25, 0.3) is 5.91 Å². The van der Waals surface area contributed by atoms with E-state index in [9.17, 15) is 14.0 Å². The summed E-state index contributed by atoms with van der Waals surface area (Å²) in [6.45, 7) is 3.28. The molecule has 0 aromatic heterocycles. The molecule has 0 radical (unpaired) electrons. The van der Waals surface area contributed by atoms with Crippen LogP contribution in [0.2, 0.25) is 0 Å². The molecule has 3 rings (SSSR count). The van der Waals surface area contributed by atoms with Gasteiger partial charge in [-0.3, -0.25) is 9.69 Å². The second-order valence-corrected chi connectivity index (χ2v) is 6.08. The predicted molar refractivity (Wildman–Crippen MR) is 91.0 cm³/mol. The number of nitrogens with zero attached hydrogens (tertiary/aromatic N) is 2. The third-order valence-electron chi connectivity index (χ3n) is 4.33. The van der Waals surface area contributed by atoms with E-state index in [-0.39, 0.29) is 17.3 Å². The molecule has 0 aliphatic carbocycles. The highest BCUT2D eigenvalue weighted by Crippen LogP contribution is 2.13. The number of hydrogen-bond acceptors (Lipinski definition) is 3. The van der Waals surface area contributed by atoms with Crippen LogP contribution in [0.3, 0.4) is 0 Å². The molecule has 0 spiro atoms. The van der Waals surface area contributed by atoms with Gasteiger partial charge in [0.2, 0.25) is 0 Å². The molecule has 1 N–H and O–H groups in total. The van der Waals surface area contributed by atoms with Gasteiger partial charge in [-0.1, -0.05) is 12.1 Å². The van der Waals surface area contributed by atoms with E-state index in [2.05, 4.69) is 4.90 Å². The number of rotatable bonds is 4. The molecule has 1 aliphatic rings. The number of carboxylic acid groups (broad SMARTS) is 1. The van der Waals surface area contributed by atoms with Crippen LogP contribution in [0.25, 0.3) is 0 Å². The minimum absolute atomic E-state index is 0.0951. The van der Waals surface area contributed by atoms with Gasteiger partial charge in [-0.25, -0.2) is 9.18 Å². The molecule has 6 heteroatoms. The van der Waals surface area contributed by atoms with Crippen molar-refractivity contribution in [3.05, 3.63) is 71.0 Å². The fraction of sp³-hybridized carbons (Fsp3) is 0.263. The van der Waals surface area contributed by atoms with Crippen molar-refractivity contribution in [3.63, 3.8) is 0 Å². The molecule has 130 valence electrons.